The van der Waals surface area contributed by atoms with Gasteiger partial charge in [0.15, 0.2) is 5.17 Å². The summed E-state index contributed by atoms with van der Waals surface area (Å²) in [6.07, 6.45) is 4.05. The Bertz CT molecular complexity index is 670. The van der Waals surface area contributed by atoms with Gasteiger partial charge in [-0.2, -0.15) is 0 Å². The molecular weight excluding hydrogens is 346 g/mol. The Morgan fingerprint density at radius 3 is 2.96 bits per heavy atom. The van der Waals surface area contributed by atoms with Gasteiger partial charge in [-0.25, -0.2) is 4.79 Å². The molecule has 0 radical (unpaired) electrons. The zero-order valence-electron chi connectivity index (χ0n) is 13.6. The number of nitrogens with zero attached hydrogens (tertiary/aromatic N) is 1. The largest absolute Gasteiger partial charge is 0.462 e. The molecule has 2 heterocycles. The molecule has 0 atom stereocenters. The highest BCUT2D eigenvalue weighted by Gasteiger charge is 2.27. The van der Waals surface area contributed by atoms with E-state index in [0.717, 1.165) is 49.5 Å². The Hall–Kier alpha value is -1.54. The summed E-state index contributed by atoms with van der Waals surface area (Å²) in [7, 11) is 0. The van der Waals surface area contributed by atoms with Crippen LogP contribution >= 0.6 is 23.1 Å². The highest BCUT2D eigenvalue weighted by atomic mass is 32.2. The highest BCUT2D eigenvalue weighted by molar-refractivity contribution is 8.14. The van der Waals surface area contributed by atoms with E-state index < -0.39 is 0 Å². The number of fused-ring (bicyclic) bond motifs is 1. The van der Waals surface area contributed by atoms with Crippen molar-refractivity contribution in [1.29, 1.82) is 0 Å². The molecule has 1 aromatic rings. The lowest BCUT2D eigenvalue weighted by atomic mass is 9.95. The van der Waals surface area contributed by atoms with Gasteiger partial charge in [0.25, 0.3) is 0 Å². The van der Waals surface area contributed by atoms with Crippen molar-refractivity contribution < 1.29 is 14.3 Å². The molecule has 0 spiro atoms. The first kappa shape index (κ1) is 17.3. The minimum absolute atomic E-state index is 0.124. The molecule has 0 unspecified atom stereocenters. The van der Waals surface area contributed by atoms with Gasteiger partial charge in [-0.3, -0.25) is 9.79 Å². The van der Waals surface area contributed by atoms with Crippen LogP contribution in [0.15, 0.2) is 4.99 Å². The van der Waals surface area contributed by atoms with Crippen LogP contribution in [-0.2, 0) is 22.4 Å². The van der Waals surface area contributed by atoms with E-state index >= 15 is 0 Å². The van der Waals surface area contributed by atoms with E-state index in [1.807, 2.05) is 0 Å². The SMILES string of the molecule is CCOC(=O)c1c(NC(=O)CSC2=NCCN2)sc2c1CCCC2. The van der Waals surface area contributed by atoms with Crippen LogP contribution in [0.4, 0.5) is 5.00 Å². The smallest absolute Gasteiger partial charge is 0.341 e. The van der Waals surface area contributed by atoms with Crippen LogP contribution in [0, 0.1) is 0 Å². The third kappa shape index (κ3) is 3.92. The van der Waals surface area contributed by atoms with E-state index in [2.05, 4.69) is 15.6 Å². The molecule has 0 saturated carbocycles. The maximum atomic E-state index is 12.3. The number of carbonyl (C=O) groups excluding carboxylic acids is 2. The number of hydrogen-bond acceptors (Lipinski definition) is 7. The third-order valence-corrected chi connectivity index (χ3v) is 6.05. The minimum Gasteiger partial charge on any atom is -0.462 e. The lowest BCUT2D eigenvalue weighted by molar-refractivity contribution is -0.113. The molecule has 0 saturated heterocycles. The van der Waals surface area contributed by atoms with Crippen LogP contribution in [-0.4, -0.2) is 42.5 Å². The highest BCUT2D eigenvalue weighted by Crippen LogP contribution is 2.38. The third-order valence-electron chi connectivity index (χ3n) is 3.89. The predicted octanol–water partition coefficient (Wildman–Crippen LogP) is 2.43. The normalized spacial score (nSPS) is 16.1. The number of rotatable bonds is 5. The number of aliphatic imine (C=N–C) groups is 1. The second-order valence-corrected chi connectivity index (χ2v) is 7.66. The van der Waals surface area contributed by atoms with E-state index in [1.165, 1.54) is 28.0 Å². The van der Waals surface area contributed by atoms with Crippen molar-refractivity contribution in [2.45, 2.75) is 32.6 Å². The van der Waals surface area contributed by atoms with Crippen LogP contribution in [0.1, 0.15) is 40.6 Å². The maximum Gasteiger partial charge on any atom is 0.341 e. The average molecular weight is 367 g/mol. The van der Waals surface area contributed by atoms with Crippen LogP contribution in [0.5, 0.6) is 0 Å². The van der Waals surface area contributed by atoms with E-state index in [-0.39, 0.29) is 17.6 Å². The molecule has 2 N–H and O–H groups in total. The average Bonchev–Trinajstić information content (AvgIpc) is 3.20. The summed E-state index contributed by atoms with van der Waals surface area (Å²) < 4.78 is 5.20. The number of thiophene rings is 1. The van der Waals surface area contributed by atoms with Crippen LogP contribution in [0.2, 0.25) is 0 Å². The second-order valence-electron chi connectivity index (χ2n) is 5.59. The van der Waals surface area contributed by atoms with Crippen molar-refractivity contribution in [3.8, 4) is 0 Å². The summed E-state index contributed by atoms with van der Waals surface area (Å²) in [4.78, 5) is 30.1. The van der Waals surface area contributed by atoms with Gasteiger partial charge < -0.3 is 15.4 Å². The number of anilines is 1. The fourth-order valence-corrected chi connectivity index (χ4v) is 4.86. The molecule has 0 bridgehead atoms. The van der Waals surface area contributed by atoms with Crippen molar-refractivity contribution in [3.63, 3.8) is 0 Å². The summed E-state index contributed by atoms with van der Waals surface area (Å²) >= 11 is 2.90. The Balaban J connectivity index is 1.72. The molecule has 0 aromatic carbocycles. The monoisotopic (exact) mass is 367 g/mol. The Morgan fingerprint density at radius 1 is 1.38 bits per heavy atom. The maximum absolute atomic E-state index is 12.3. The number of aryl methyl sites for hydroxylation is 1. The number of thioether (sulfide) groups is 1. The number of hydrogen-bond donors (Lipinski definition) is 2. The first-order valence-electron chi connectivity index (χ1n) is 8.21. The Morgan fingerprint density at radius 2 is 2.21 bits per heavy atom. The van der Waals surface area contributed by atoms with Gasteiger partial charge in [-0.05, 0) is 38.2 Å². The van der Waals surface area contributed by atoms with E-state index in [1.54, 1.807) is 6.92 Å². The summed E-state index contributed by atoms with van der Waals surface area (Å²) in [5.74, 6) is -0.182. The number of amides is 1. The molecule has 24 heavy (non-hydrogen) atoms. The van der Waals surface area contributed by atoms with Gasteiger partial charge in [-0.15, -0.1) is 11.3 Å². The van der Waals surface area contributed by atoms with Gasteiger partial charge in [0.05, 0.1) is 24.5 Å². The minimum atomic E-state index is -0.332. The zero-order chi connectivity index (χ0) is 16.9. The number of nitrogens with one attached hydrogen (secondary N) is 2. The summed E-state index contributed by atoms with van der Waals surface area (Å²) in [6, 6.07) is 0. The fourth-order valence-electron chi connectivity index (χ4n) is 2.84. The molecule has 6 nitrogen and oxygen atoms in total. The molecule has 1 aliphatic heterocycles. The summed E-state index contributed by atoms with van der Waals surface area (Å²) in [6.45, 7) is 3.71. The van der Waals surface area contributed by atoms with Gasteiger partial charge in [0.2, 0.25) is 5.91 Å². The van der Waals surface area contributed by atoms with Crippen LogP contribution < -0.4 is 10.6 Å². The quantitative estimate of drug-likeness (QED) is 0.782. The first-order valence-corrected chi connectivity index (χ1v) is 10.0. The van der Waals surface area contributed by atoms with Crippen molar-refractivity contribution in [3.05, 3.63) is 16.0 Å². The Kier molecular flexibility index (Phi) is 5.78. The first-order chi connectivity index (χ1) is 11.7. The Labute approximate surface area is 149 Å². The molecular formula is C16H21N3O3S2. The molecule has 0 fully saturated rings. The fraction of sp³-hybridized carbons (Fsp3) is 0.562. The lowest BCUT2D eigenvalue weighted by Gasteiger charge is -2.12. The van der Waals surface area contributed by atoms with E-state index in [9.17, 15) is 9.59 Å². The van der Waals surface area contributed by atoms with E-state index in [4.69, 9.17) is 4.74 Å². The topological polar surface area (TPSA) is 79.8 Å². The van der Waals surface area contributed by atoms with Crippen LogP contribution in [0.25, 0.3) is 0 Å². The molecule has 1 amide bonds. The molecule has 8 heteroatoms. The van der Waals surface area contributed by atoms with Crippen LogP contribution in [0.3, 0.4) is 0 Å². The number of amidine groups is 1. The number of ether oxygens (including phenoxy) is 1. The number of esters is 1. The van der Waals surface area contributed by atoms with Gasteiger partial charge in [-0.1, -0.05) is 11.8 Å². The van der Waals surface area contributed by atoms with Crippen molar-refractivity contribution >= 4 is 45.1 Å². The van der Waals surface area contributed by atoms with Gasteiger partial charge in [0, 0.05) is 11.4 Å². The lowest BCUT2D eigenvalue weighted by Crippen LogP contribution is -2.21. The summed E-state index contributed by atoms with van der Waals surface area (Å²) in [5.41, 5.74) is 1.63. The standard InChI is InChI=1S/C16H21N3O3S2/c1-2-22-15(21)13-10-5-3-4-6-11(10)24-14(13)19-12(20)9-23-16-17-7-8-18-16/h2-9H2,1H3,(H,17,18)(H,19,20). The van der Waals surface area contributed by atoms with Gasteiger partial charge >= 0.3 is 5.97 Å². The van der Waals surface area contributed by atoms with Crippen molar-refractivity contribution in [2.24, 2.45) is 4.99 Å². The predicted molar refractivity (Wildman–Crippen MR) is 98.3 cm³/mol. The second kappa shape index (κ2) is 8.02. The van der Waals surface area contributed by atoms with Crippen molar-refractivity contribution in [1.82, 2.24) is 5.32 Å². The van der Waals surface area contributed by atoms with Gasteiger partial charge in [0.1, 0.15) is 5.00 Å². The molecule has 3 rings (SSSR count). The zero-order valence-corrected chi connectivity index (χ0v) is 15.3. The number of carbonyl (C=O) groups is 2. The van der Waals surface area contributed by atoms with E-state index in [0.29, 0.717) is 17.2 Å². The van der Waals surface area contributed by atoms with Crippen molar-refractivity contribution in [2.75, 3.05) is 30.8 Å². The molecule has 1 aliphatic carbocycles. The molecule has 1 aromatic heterocycles. The molecule has 130 valence electrons. The summed E-state index contributed by atoms with van der Waals surface area (Å²) in [5, 5.41) is 7.47. The molecule has 2 aliphatic rings.